The average molecular weight is 374 g/mol. The van der Waals surface area contributed by atoms with Gasteiger partial charge in [0.1, 0.15) is 0 Å². The van der Waals surface area contributed by atoms with Crippen LogP contribution in [0.5, 0.6) is 0 Å². The number of non-ortho nitro benzene ring substituents is 1. The summed E-state index contributed by atoms with van der Waals surface area (Å²) < 4.78 is 0. The van der Waals surface area contributed by atoms with Gasteiger partial charge in [-0.05, 0) is 30.2 Å². The lowest BCUT2D eigenvalue weighted by atomic mass is 10.00. The first kappa shape index (κ1) is 17.5. The smallest absolute Gasteiger partial charge is 0.258 e. The zero-order valence-corrected chi connectivity index (χ0v) is 15.6. The molecule has 4 nitrogen and oxygen atoms in total. The van der Waals surface area contributed by atoms with E-state index in [0.29, 0.717) is 0 Å². The summed E-state index contributed by atoms with van der Waals surface area (Å²) in [5.41, 5.74) is 5.53. The number of thioether (sulfide) groups is 1. The van der Waals surface area contributed by atoms with Gasteiger partial charge in [-0.1, -0.05) is 54.1 Å². The number of hydrogen-bond acceptors (Lipinski definition) is 4. The molecule has 0 amide bonds. The zero-order valence-electron chi connectivity index (χ0n) is 14.8. The van der Waals surface area contributed by atoms with Gasteiger partial charge in [-0.15, -0.1) is 11.8 Å². The van der Waals surface area contributed by atoms with Gasteiger partial charge in [0.25, 0.3) is 5.69 Å². The van der Waals surface area contributed by atoms with Crippen molar-refractivity contribution < 1.29 is 4.92 Å². The van der Waals surface area contributed by atoms with E-state index in [9.17, 15) is 10.1 Å². The maximum absolute atomic E-state index is 11.0. The Morgan fingerprint density at radius 2 is 1.70 bits per heavy atom. The van der Waals surface area contributed by atoms with Gasteiger partial charge in [0, 0.05) is 34.4 Å². The van der Waals surface area contributed by atoms with Crippen molar-refractivity contribution in [3.63, 3.8) is 0 Å². The first-order valence-electron chi connectivity index (χ1n) is 8.75. The summed E-state index contributed by atoms with van der Waals surface area (Å²) in [7, 11) is 0. The van der Waals surface area contributed by atoms with E-state index in [1.807, 2.05) is 30.3 Å². The molecule has 4 rings (SSSR count). The molecular formula is C22H18N2O2S. The minimum absolute atomic E-state index is 0.116. The number of para-hydroxylation sites is 1. The van der Waals surface area contributed by atoms with Crippen LogP contribution in [0.15, 0.2) is 82.7 Å². The van der Waals surface area contributed by atoms with E-state index in [1.165, 1.54) is 5.56 Å². The van der Waals surface area contributed by atoms with Crippen LogP contribution < -0.4 is 0 Å². The lowest BCUT2D eigenvalue weighted by molar-refractivity contribution is -0.384. The monoisotopic (exact) mass is 374 g/mol. The van der Waals surface area contributed by atoms with Gasteiger partial charge in [0.2, 0.25) is 0 Å². The summed E-state index contributed by atoms with van der Waals surface area (Å²) in [5.74, 6) is 0. The van der Waals surface area contributed by atoms with Gasteiger partial charge in [-0.2, -0.15) is 0 Å². The van der Waals surface area contributed by atoms with Crippen molar-refractivity contribution in [2.75, 3.05) is 0 Å². The van der Waals surface area contributed by atoms with Gasteiger partial charge in [0.05, 0.1) is 10.6 Å². The Kier molecular flexibility index (Phi) is 4.77. The number of fused-ring (bicyclic) bond motifs is 1. The van der Waals surface area contributed by atoms with Crippen LogP contribution >= 0.6 is 11.8 Å². The summed E-state index contributed by atoms with van der Waals surface area (Å²) in [6, 6.07) is 23.4. The molecule has 0 bridgehead atoms. The van der Waals surface area contributed by atoms with Crippen LogP contribution in [0.2, 0.25) is 0 Å². The Bertz CT molecular complexity index is 1010. The van der Waals surface area contributed by atoms with E-state index in [0.717, 1.165) is 33.8 Å². The minimum atomic E-state index is -0.363. The molecule has 0 radical (unpaired) electrons. The van der Waals surface area contributed by atoms with Crippen molar-refractivity contribution in [1.29, 1.82) is 0 Å². The van der Waals surface area contributed by atoms with Crippen molar-refractivity contribution >= 4 is 28.8 Å². The topological polar surface area (TPSA) is 55.5 Å². The molecule has 0 aliphatic carbocycles. The SMILES string of the molecule is Cc1ccc(C2=Nc3ccccc3S[C@@H](c3ccc([N+](=O)[O-])cc3)C2)cc1. The molecule has 0 saturated heterocycles. The quantitative estimate of drug-likeness (QED) is 0.401. The first-order chi connectivity index (χ1) is 13.1. The number of nitrogens with zero attached hydrogens (tertiary/aromatic N) is 2. The molecule has 1 atom stereocenters. The summed E-state index contributed by atoms with van der Waals surface area (Å²) in [6.07, 6.45) is 0.764. The molecule has 0 aromatic heterocycles. The Morgan fingerprint density at radius 1 is 1.00 bits per heavy atom. The highest BCUT2D eigenvalue weighted by molar-refractivity contribution is 7.99. The standard InChI is InChI=1S/C22H18N2O2S/c1-15-6-8-16(9-7-15)20-14-22(17-10-12-18(13-11-17)24(25)26)27-21-5-3-2-4-19(21)23-20/h2-13,22H,14H2,1H3/t22-/m1/s1. The fraction of sp³-hybridized carbons (Fsp3) is 0.136. The first-order valence-corrected chi connectivity index (χ1v) is 9.63. The summed E-state index contributed by atoms with van der Waals surface area (Å²) in [5, 5.41) is 11.1. The van der Waals surface area contributed by atoms with Crippen LogP contribution in [-0.2, 0) is 0 Å². The minimum Gasteiger partial charge on any atom is -0.258 e. The van der Waals surface area contributed by atoms with E-state index in [2.05, 4.69) is 37.3 Å². The summed E-state index contributed by atoms with van der Waals surface area (Å²) >= 11 is 1.76. The van der Waals surface area contributed by atoms with Crippen molar-refractivity contribution in [1.82, 2.24) is 0 Å². The molecule has 3 aromatic carbocycles. The molecule has 0 spiro atoms. The van der Waals surface area contributed by atoms with Crippen LogP contribution in [0.1, 0.15) is 28.4 Å². The number of benzene rings is 3. The van der Waals surface area contributed by atoms with Gasteiger partial charge in [-0.3, -0.25) is 15.1 Å². The zero-order chi connectivity index (χ0) is 18.8. The van der Waals surface area contributed by atoms with Gasteiger partial charge in [0.15, 0.2) is 0 Å². The van der Waals surface area contributed by atoms with Crippen LogP contribution in [0.3, 0.4) is 0 Å². The average Bonchev–Trinajstić information content (AvgIpc) is 2.88. The molecule has 1 aliphatic heterocycles. The number of rotatable bonds is 3. The van der Waals surface area contributed by atoms with E-state index < -0.39 is 0 Å². The molecule has 5 heteroatoms. The van der Waals surface area contributed by atoms with Crippen molar-refractivity contribution in [2.24, 2.45) is 4.99 Å². The largest absolute Gasteiger partial charge is 0.269 e. The highest BCUT2D eigenvalue weighted by Crippen LogP contribution is 2.45. The molecule has 1 aliphatic rings. The Morgan fingerprint density at radius 3 is 2.41 bits per heavy atom. The maximum atomic E-state index is 11.0. The molecule has 0 fully saturated rings. The van der Waals surface area contributed by atoms with Crippen LogP contribution in [0, 0.1) is 17.0 Å². The lowest BCUT2D eigenvalue weighted by Gasteiger charge is -2.16. The molecule has 0 N–H and O–H groups in total. The third kappa shape index (κ3) is 3.78. The molecular weight excluding hydrogens is 356 g/mol. The Hall–Kier alpha value is -2.92. The molecule has 3 aromatic rings. The lowest BCUT2D eigenvalue weighted by Crippen LogP contribution is -2.05. The second-order valence-corrected chi connectivity index (χ2v) is 7.80. The van der Waals surface area contributed by atoms with Crippen molar-refractivity contribution in [2.45, 2.75) is 23.5 Å². The van der Waals surface area contributed by atoms with E-state index in [-0.39, 0.29) is 15.9 Å². The van der Waals surface area contributed by atoms with Crippen molar-refractivity contribution in [3.05, 3.63) is 99.6 Å². The third-order valence-corrected chi connectivity index (χ3v) is 5.95. The Balaban J connectivity index is 1.75. The fourth-order valence-corrected chi connectivity index (χ4v) is 4.37. The Labute approximate surface area is 162 Å². The number of aliphatic imine (C=N–C) groups is 1. The van der Waals surface area contributed by atoms with Crippen LogP contribution in [0.25, 0.3) is 0 Å². The maximum Gasteiger partial charge on any atom is 0.269 e. The third-order valence-electron chi connectivity index (χ3n) is 4.63. The van der Waals surface area contributed by atoms with Crippen LogP contribution in [-0.4, -0.2) is 10.6 Å². The number of hydrogen-bond donors (Lipinski definition) is 0. The molecule has 0 unspecified atom stereocenters. The predicted octanol–water partition coefficient (Wildman–Crippen LogP) is 6.26. The van der Waals surface area contributed by atoms with Gasteiger partial charge >= 0.3 is 0 Å². The normalized spacial score (nSPS) is 16.2. The summed E-state index contributed by atoms with van der Waals surface area (Å²) in [6.45, 7) is 2.07. The van der Waals surface area contributed by atoms with Crippen molar-refractivity contribution in [3.8, 4) is 0 Å². The van der Waals surface area contributed by atoms with Crippen LogP contribution in [0.4, 0.5) is 11.4 Å². The van der Waals surface area contributed by atoms with E-state index in [1.54, 1.807) is 23.9 Å². The van der Waals surface area contributed by atoms with Gasteiger partial charge in [-0.25, -0.2) is 0 Å². The summed E-state index contributed by atoms with van der Waals surface area (Å²) in [4.78, 5) is 16.7. The van der Waals surface area contributed by atoms with E-state index >= 15 is 0 Å². The predicted molar refractivity (Wildman–Crippen MR) is 110 cm³/mol. The molecule has 134 valence electrons. The molecule has 0 saturated carbocycles. The van der Waals surface area contributed by atoms with Gasteiger partial charge < -0.3 is 0 Å². The molecule has 1 heterocycles. The fourth-order valence-electron chi connectivity index (χ4n) is 3.14. The number of nitro groups is 1. The second kappa shape index (κ2) is 7.37. The van der Waals surface area contributed by atoms with E-state index in [4.69, 9.17) is 4.99 Å². The highest BCUT2D eigenvalue weighted by Gasteiger charge is 2.23. The number of nitro benzene ring substituents is 1. The second-order valence-electron chi connectivity index (χ2n) is 6.55. The molecule has 27 heavy (non-hydrogen) atoms. The highest BCUT2D eigenvalue weighted by atomic mass is 32.2. The number of aryl methyl sites for hydroxylation is 1.